The maximum Gasteiger partial charge on any atom is 0.234 e. The molecule has 2 heterocycles. The second-order valence-corrected chi connectivity index (χ2v) is 7.51. The Morgan fingerprint density at radius 2 is 1.75 bits per heavy atom. The van der Waals surface area contributed by atoms with E-state index >= 15 is 0 Å². The van der Waals surface area contributed by atoms with Gasteiger partial charge in [-0.25, -0.2) is 0 Å². The number of amides is 1. The maximum absolute atomic E-state index is 12.1. The van der Waals surface area contributed by atoms with Gasteiger partial charge in [-0.3, -0.25) is 9.69 Å². The van der Waals surface area contributed by atoms with Crippen molar-refractivity contribution in [3.63, 3.8) is 0 Å². The van der Waals surface area contributed by atoms with E-state index in [9.17, 15) is 4.79 Å². The normalized spacial score (nSPS) is 23.8. The molecule has 0 atom stereocenters. The van der Waals surface area contributed by atoms with Gasteiger partial charge in [-0.2, -0.15) is 0 Å². The summed E-state index contributed by atoms with van der Waals surface area (Å²) in [6.45, 7) is 11.8. The largest absolute Gasteiger partial charge is 0.352 e. The summed E-state index contributed by atoms with van der Waals surface area (Å²) < 4.78 is 0. The van der Waals surface area contributed by atoms with E-state index in [1.54, 1.807) is 0 Å². The van der Waals surface area contributed by atoms with Gasteiger partial charge < -0.3 is 10.6 Å². The Hall–Kier alpha value is -0.610. The number of nitrogens with zero attached hydrogens (tertiary/aromatic N) is 1. The third-order valence-electron chi connectivity index (χ3n) is 4.88. The van der Waals surface area contributed by atoms with Gasteiger partial charge in [0.15, 0.2) is 0 Å². The van der Waals surface area contributed by atoms with Gasteiger partial charge in [-0.1, -0.05) is 20.8 Å². The molecular formula is C16H31N3O. The molecule has 0 saturated carbocycles. The molecule has 116 valence electrons. The number of likely N-dealkylation sites (tertiary alicyclic amines) is 1. The lowest BCUT2D eigenvalue weighted by Gasteiger charge is -2.38. The van der Waals surface area contributed by atoms with Crippen LogP contribution in [0.15, 0.2) is 0 Å². The van der Waals surface area contributed by atoms with Crippen molar-refractivity contribution in [1.29, 1.82) is 0 Å². The van der Waals surface area contributed by atoms with Crippen LogP contribution in [0.5, 0.6) is 0 Å². The van der Waals surface area contributed by atoms with Crippen molar-refractivity contribution >= 4 is 5.91 Å². The van der Waals surface area contributed by atoms with Crippen LogP contribution < -0.4 is 10.6 Å². The fourth-order valence-electron chi connectivity index (χ4n) is 3.40. The second kappa shape index (κ2) is 6.90. The van der Waals surface area contributed by atoms with Crippen LogP contribution in [0.25, 0.3) is 0 Å². The average Bonchev–Trinajstić information content (AvgIpc) is 2.39. The molecule has 4 heteroatoms. The SMILES string of the molecule is CC(C)(C)C1CCN(CC(=O)NC2CCNCC2)CC1. The molecule has 20 heavy (non-hydrogen) atoms. The van der Waals surface area contributed by atoms with Crippen molar-refractivity contribution in [2.45, 2.75) is 52.5 Å². The molecule has 0 aromatic rings. The van der Waals surface area contributed by atoms with Gasteiger partial charge in [-0.05, 0) is 63.2 Å². The summed E-state index contributed by atoms with van der Waals surface area (Å²) in [5.41, 5.74) is 0.406. The Kier molecular flexibility index (Phi) is 5.44. The third-order valence-corrected chi connectivity index (χ3v) is 4.88. The molecule has 2 saturated heterocycles. The number of hydrogen-bond acceptors (Lipinski definition) is 3. The van der Waals surface area contributed by atoms with Crippen molar-refractivity contribution in [3.05, 3.63) is 0 Å². The predicted octanol–water partition coefficient (Wildman–Crippen LogP) is 1.61. The Morgan fingerprint density at radius 1 is 1.15 bits per heavy atom. The Balaban J connectivity index is 1.68. The van der Waals surface area contributed by atoms with Crippen LogP contribution in [0.4, 0.5) is 0 Å². The lowest BCUT2D eigenvalue weighted by atomic mass is 9.75. The molecule has 4 nitrogen and oxygen atoms in total. The van der Waals surface area contributed by atoms with Crippen LogP contribution in [-0.2, 0) is 4.79 Å². The number of carbonyl (C=O) groups excluding carboxylic acids is 1. The summed E-state index contributed by atoms with van der Waals surface area (Å²) in [5, 5.41) is 6.51. The highest BCUT2D eigenvalue weighted by Crippen LogP contribution is 2.34. The van der Waals surface area contributed by atoms with E-state index < -0.39 is 0 Å². The molecule has 0 unspecified atom stereocenters. The summed E-state index contributed by atoms with van der Waals surface area (Å²) >= 11 is 0. The minimum absolute atomic E-state index is 0.214. The minimum Gasteiger partial charge on any atom is -0.352 e. The highest BCUT2D eigenvalue weighted by atomic mass is 16.2. The van der Waals surface area contributed by atoms with Crippen molar-refractivity contribution in [1.82, 2.24) is 15.5 Å². The zero-order chi connectivity index (χ0) is 14.6. The van der Waals surface area contributed by atoms with Crippen LogP contribution in [0.1, 0.15) is 46.5 Å². The number of carbonyl (C=O) groups is 1. The summed E-state index contributed by atoms with van der Waals surface area (Å²) in [5.74, 6) is 1.01. The van der Waals surface area contributed by atoms with Crippen molar-refractivity contribution < 1.29 is 4.79 Å². The number of piperidine rings is 2. The second-order valence-electron chi connectivity index (χ2n) is 7.51. The highest BCUT2D eigenvalue weighted by molar-refractivity contribution is 5.78. The molecule has 0 radical (unpaired) electrons. The topological polar surface area (TPSA) is 44.4 Å². The minimum atomic E-state index is 0.214. The fraction of sp³-hybridized carbons (Fsp3) is 0.938. The van der Waals surface area contributed by atoms with Crippen LogP contribution >= 0.6 is 0 Å². The molecule has 0 bridgehead atoms. The van der Waals surface area contributed by atoms with Gasteiger partial charge in [0.05, 0.1) is 6.54 Å². The van der Waals surface area contributed by atoms with Gasteiger partial charge in [0.2, 0.25) is 5.91 Å². The van der Waals surface area contributed by atoms with Gasteiger partial charge in [-0.15, -0.1) is 0 Å². The molecule has 2 fully saturated rings. The molecule has 0 aliphatic carbocycles. The van der Waals surface area contributed by atoms with E-state index in [1.807, 2.05) is 0 Å². The zero-order valence-corrected chi connectivity index (χ0v) is 13.4. The number of nitrogens with one attached hydrogen (secondary N) is 2. The Morgan fingerprint density at radius 3 is 2.30 bits per heavy atom. The standard InChI is InChI=1S/C16H31N3O/c1-16(2,3)13-6-10-19(11-7-13)12-15(20)18-14-4-8-17-9-5-14/h13-14,17H,4-12H2,1-3H3,(H,18,20). The average molecular weight is 281 g/mol. The number of hydrogen-bond donors (Lipinski definition) is 2. The Labute approximate surface area is 123 Å². The summed E-state index contributed by atoms with van der Waals surface area (Å²) in [4.78, 5) is 14.4. The molecule has 2 aliphatic rings. The first-order chi connectivity index (χ1) is 9.45. The van der Waals surface area contributed by atoms with E-state index in [-0.39, 0.29) is 5.91 Å². The lowest BCUT2D eigenvalue weighted by molar-refractivity contribution is -0.123. The molecule has 0 aromatic carbocycles. The van der Waals surface area contributed by atoms with Gasteiger partial charge in [0.1, 0.15) is 0 Å². The molecule has 2 N–H and O–H groups in total. The number of rotatable bonds is 3. The van der Waals surface area contributed by atoms with Crippen LogP contribution in [-0.4, -0.2) is 49.6 Å². The van der Waals surface area contributed by atoms with E-state index in [0.717, 1.165) is 44.9 Å². The van der Waals surface area contributed by atoms with Crippen molar-refractivity contribution in [3.8, 4) is 0 Å². The first-order valence-electron chi connectivity index (χ1n) is 8.17. The predicted molar refractivity (Wildman–Crippen MR) is 82.7 cm³/mol. The van der Waals surface area contributed by atoms with E-state index in [2.05, 4.69) is 36.3 Å². The van der Waals surface area contributed by atoms with Gasteiger partial charge >= 0.3 is 0 Å². The van der Waals surface area contributed by atoms with E-state index in [0.29, 0.717) is 18.0 Å². The first-order valence-corrected chi connectivity index (χ1v) is 8.17. The summed E-state index contributed by atoms with van der Waals surface area (Å²) in [7, 11) is 0. The fourth-order valence-corrected chi connectivity index (χ4v) is 3.40. The van der Waals surface area contributed by atoms with Crippen LogP contribution in [0.2, 0.25) is 0 Å². The Bertz CT molecular complexity index is 310. The smallest absolute Gasteiger partial charge is 0.234 e. The van der Waals surface area contributed by atoms with E-state index in [1.165, 1.54) is 12.8 Å². The summed E-state index contributed by atoms with van der Waals surface area (Å²) in [6, 6.07) is 0.385. The maximum atomic E-state index is 12.1. The molecule has 2 aliphatic heterocycles. The molecular weight excluding hydrogens is 250 g/mol. The molecule has 0 spiro atoms. The summed E-state index contributed by atoms with van der Waals surface area (Å²) in [6.07, 6.45) is 4.59. The third kappa shape index (κ3) is 4.74. The molecule has 0 aromatic heterocycles. The molecule has 2 rings (SSSR count). The zero-order valence-electron chi connectivity index (χ0n) is 13.4. The van der Waals surface area contributed by atoms with Crippen LogP contribution in [0, 0.1) is 11.3 Å². The van der Waals surface area contributed by atoms with Crippen molar-refractivity contribution in [2.75, 3.05) is 32.7 Å². The monoisotopic (exact) mass is 281 g/mol. The van der Waals surface area contributed by atoms with Gasteiger partial charge in [0.25, 0.3) is 0 Å². The quantitative estimate of drug-likeness (QED) is 0.826. The highest BCUT2D eigenvalue weighted by Gasteiger charge is 2.29. The van der Waals surface area contributed by atoms with Crippen molar-refractivity contribution in [2.24, 2.45) is 11.3 Å². The van der Waals surface area contributed by atoms with Gasteiger partial charge in [0, 0.05) is 6.04 Å². The first kappa shape index (κ1) is 15.8. The van der Waals surface area contributed by atoms with Crippen LogP contribution in [0.3, 0.4) is 0 Å². The lowest BCUT2D eigenvalue weighted by Crippen LogP contribution is -2.48. The molecule has 1 amide bonds. The van der Waals surface area contributed by atoms with E-state index in [4.69, 9.17) is 0 Å².